The number of allylic oxidation sites excluding steroid dienone is 1. The first-order valence-electron chi connectivity index (χ1n) is 10.9. The van der Waals surface area contributed by atoms with Crippen molar-refractivity contribution >= 4 is 23.5 Å². The van der Waals surface area contributed by atoms with E-state index in [-0.39, 0.29) is 29.2 Å². The highest BCUT2D eigenvalue weighted by atomic mass is 19.1. The number of aryl methyl sites for hydroxylation is 1. The molecule has 0 unspecified atom stereocenters. The van der Waals surface area contributed by atoms with E-state index in [0.29, 0.717) is 50.8 Å². The minimum absolute atomic E-state index is 0.0287. The molecule has 2 aliphatic rings. The number of aromatic nitrogens is 1. The van der Waals surface area contributed by atoms with Crippen molar-refractivity contribution in [3.63, 3.8) is 0 Å². The number of nitrogens with zero attached hydrogens (tertiary/aromatic N) is 2. The smallest absolute Gasteiger partial charge is 0.222 e. The molecular formula is C25H27FN2O3. The van der Waals surface area contributed by atoms with Crippen molar-refractivity contribution in [2.24, 2.45) is 13.0 Å². The van der Waals surface area contributed by atoms with Crippen LogP contribution >= 0.6 is 0 Å². The summed E-state index contributed by atoms with van der Waals surface area (Å²) in [5.41, 5.74) is 3.34. The summed E-state index contributed by atoms with van der Waals surface area (Å²) >= 11 is 0. The van der Waals surface area contributed by atoms with Crippen LogP contribution in [0, 0.1) is 11.7 Å². The maximum atomic E-state index is 13.1. The Kier molecular flexibility index (Phi) is 6.16. The summed E-state index contributed by atoms with van der Waals surface area (Å²) in [6.45, 7) is 1.15. The van der Waals surface area contributed by atoms with Crippen LogP contribution in [0.15, 0.2) is 42.1 Å². The first-order chi connectivity index (χ1) is 14.9. The second-order valence-electron chi connectivity index (χ2n) is 8.51. The number of fused-ring (bicyclic) bond motifs is 1. The number of Topliss-reactive ketones (excluding diaryl/α,β-unsaturated/α-hetero) is 2. The maximum Gasteiger partial charge on any atom is 0.222 e. The van der Waals surface area contributed by atoms with Gasteiger partial charge in [-0.15, -0.1) is 0 Å². The van der Waals surface area contributed by atoms with Crippen LogP contribution in [-0.2, 0) is 11.8 Å². The molecule has 6 heteroatoms. The number of benzene rings is 1. The van der Waals surface area contributed by atoms with E-state index in [4.69, 9.17) is 0 Å². The van der Waals surface area contributed by atoms with Gasteiger partial charge in [-0.3, -0.25) is 14.4 Å². The summed E-state index contributed by atoms with van der Waals surface area (Å²) in [4.78, 5) is 39.3. The van der Waals surface area contributed by atoms with Gasteiger partial charge >= 0.3 is 0 Å². The van der Waals surface area contributed by atoms with Crippen LogP contribution in [0.5, 0.6) is 0 Å². The van der Waals surface area contributed by atoms with Gasteiger partial charge in [-0.1, -0.05) is 5.57 Å². The molecule has 31 heavy (non-hydrogen) atoms. The summed E-state index contributed by atoms with van der Waals surface area (Å²) < 4.78 is 15.0. The first kappa shape index (κ1) is 21.2. The predicted octanol–water partition coefficient (Wildman–Crippen LogP) is 4.43. The molecule has 1 aromatic heterocycles. The molecule has 0 N–H and O–H groups in total. The zero-order valence-corrected chi connectivity index (χ0v) is 17.8. The summed E-state index contributed by atoms with van der Waals surface area (Å²) in [7, 11) is 1.93. The zero-order chi connectivity index (χ0) is 22.0. The molecule has 0 saturated carbocycles. The molecule has 0 bridgehead atoms. The van der Waals surface area contributed by atoms with Crippen LogP contribution in [0.1, 0.15) is 64.9 Å². The lowest BCUT2D eigenvalue weighted by Crippen LogP contribution is -2.40. The molecule has 1 aromatic carbocycles. The van der Waals surface area contributed by atoms with Gasteiger partial charge in [-0.05, 0) is 62.1 Å². The fourth-order valence-electron chi connectivity index (χ4n) is 4.53. The minimum atomic E-state index is -0.352. The number of rotatable bonds is 6. The number of hydrogen-bond donors (Lipinski definition) is 0. The van der Waals surface area contributed by atoms with Crippen molar-refractivity contribution in [2.75, 3.05) is 13.1 Å². The van der Waals surface area contributed by atoms with Gasteiger partial charge in [0.05, 0.1) is 5.69 Å². The van der Waals surface area contributed by atoms with Gasteiger partial charge < -0.3 is 9.47 Å². The second-order valence-corrected chi connectivity index (χ2v) is 8.51. The van der Waals surface area contributed by atoms with E-state index in [1.807, 2.05) is 28.8 Å². The molecule has 2 heterocycles. The van der Waals surface area contributed by atoms with Crippen molar-refractivity contribution in [1.82, 2.24) is 9.47 Å². The largest absolute Gasteiger partial charge is 0.350 e. The molecule has 0 atom stereocenters. The number of likely N-dealkylation sites (tertiary alicyclic amines) is 1. The third kappa shape index (κ3) is 4.68. The van der Waals surface area contributed by atoms with Crippen molar-refractivity contribution in [3.8, 4) is 0 Å². The van der Waals surface area contributed by atoms with E-state index < -0.39 is 0 Å². The molecular weight excluding hydrogens is 395 g/mol. The highest BCUT2D eigenvalue weighted by molar-refractivity contribution is 6.03. The minimum Gasteiger partial charge on any atom is -0.350 e. The lowest BCUT2D eigenvalue weighted by atomic mass is 9.88. The number of hydrogen-bond acceptors (Lipinski definition) is 3. The number of carbonyl (C=O) groups excluding carboxylic acids is 3. The Morgan fingerprint density at radius 3 is 2.52 bits per heavy atom. The highest BCUT2D eigenvalue weighted by Gasteiger charge is 2.28. The second kappa shape index (κ2) is 9.00. The Balaban J connectivity index is 1.24. The van der Waals surface area contributed by atoms with Crippen LogP contribution < -0.4 is 0 Å². The number of ketones is 2. The number of halogens is 1. The third-order valence-corrected chi connectivity index (χ3v) is 6.39. The Hall–Kier alpha value is -3.02. The SMILES string of the molecule is Cn1ccc2c1C=C(CCCC(=O)N1CCC(C(=O)c3ccc(F)cc3)CC1)CC2=O. The monoisotopic (exact) mass is 422 g/mol. The van der Waals surface area contributed by atoms with Gasteiger partial charge in [0.1, 0.15) is 5.82 Å². The van der Waals surface area contributed by atoms with Crippen molar-refractivity contribution in [1.29, 1.82) is 0 Å². The summed E-state index contributed by atoms with van der Waals surface area (Å²) in [5.74, 6) is -0.190. The predicted molar refractivity (Wildman–Crippen MR) is 116 cm³/mol. The van der Waals surface area contributed by atoms with Crippen LogP contribution in [0.4, 0.5) is 4.39 Å². The fraction of sp³-hybridized carbons (Fsp3) is 0.400. The first-order valence-corrected chi connectivity index (χ1v) is 10.9. The van der Waals surface area contributed by atoms with E-state index in [2.05, 4.69) is 6.08 Å². The van der Waals surface area contributed by atoms with E-state index in [1.165, 1.54) is 24.3 Å². The van der Waals surface area contributed by atoms with Crippen molar-refractivity contribution in [3.05, 3.63) is 64.7 Å². The summed E-state index contributed by atoms with van der Waals surface area (Å²) in [5, 5.41) is 0. The van der Waals surface area contributed by atoms with E-state index in [1.54, 1.807) is 0 Å². The van der Waals surface area contributed by atoms with Crippen molar-refractivity contribution in [2.45, 2.75) is 38.5 Å². The number of amides is 1. The average molecular weight is 423 g/mol. The number of carbonyl (C=O) groups is 3. The molecule has 162 valence electrons. The van der Waals surface area contributed by atoms with E-state index in [0.717, 1.165) is 23.3 Å². The molecule has 5 nitrogen and oxygen atoms in total. The van der Waals surface area contributed by atoms with E-state index in [9.17, 15) is 18.8 Å². The Labute approximate surface area is 181 Å². The molecule has 4 rings (SSSR count). The van der Waals surface area contributed by atoms with Crippen LogP contribution in [-0.4, -0.2) is 40.0 Å². The number of piperidine rings is 1. The molecule has 0 radical (unpaired) electrons. The topological polar surface area (TPSA) is 59.4 Å². The lowest BCUT2D eigenvalue weighted by molar-refractivity contribution is -0.132. The van der Waals surface area contributed by atoms with Crippen LogP contribution in [0.3, 0.4) is 0 Å². The Morgan fingerprint density at radius 2 is 1.81 bits per heavy atom. The van der Waals surface area contributed by atoms with Gasteiger partial charge in [-0.25, -0.2) is 4.39 Å². The van der Waals surface area contributed by atoms with Gasteiger partial charge in [-0.2, -0.15) is 0 Å². The lowest BCUT2D eigenvalue weighted by Gasteiger charge is -2.31. The molecule has 1 aliphatic carbocycles. The van der Waals surface area contributed by atoms with Gasteiger partial charge in [0.15, 0.2) is 11.6 Å². The van der Waals surface area contributed by atoms with Gasteiger partial charge in [0, 0.05) is 56.2 Å². The molecule has 2 aromatic rings. The van der Waals surface area contributed by atoms with Crippen LogP contribution in [0.25, 0.3) is 6.08 Å². The third-order valence-electron chi connectivity index (χ3n) is 6.39. The van der Waals surface area contributed by atoms with Gasteiger partial charge in [0.2, 0.25) is 5.91 Å². The molecule has 0 spiro atoms. The highest BCUT2D eigenvalue weighted by Crippen LogP contribution is 2.28. The zero-order valence-electron chi connectivity index (χ0n) is 17.8. The Bertz CT molecular complexity index is 1030. The molecule has 1 aliphatic heterocycles. The Morgan fingerprint density at radius 1 is 1.10 bits per heavy atom. The van der Waals surface area contributed by atoms with Crippen LogP contribution in [0.2, 0.25) is 0 Å². The standard InChI is InChI=1S/C25H27FN2O3/c1-27-12-11-21-22(27)15-17(16-23(21)29)3-2-4-24(30)28-13-9-19(10-14-28)25(31)18-5-7-20(26)8-6-18/h5-8,11-12,15,19H,2-4,9-10,13-14,16H2,1H3. The van der Waals surface area contributed by atoms with E-state index >= 15 is 0 Å². The quantitative estimate of drug-likeness (QED) is 0.648. The maximum absolute atomic E-state index is 13.1. The van der Waals surface area contributed by atoms with Crippen molar-refractivity contribution < 1.29 is 18.8 Å². The average Bonchev–Trinajstić information content (AvgIpc) is 3.15. The molecule has 1 amide bonds. The summed E-state index contributed by atoms with van der Waals surface area (Å²) in [6.07, 6.45) is 7.58. The normalized spacial score (nSPS) is 16.8. The molecule has 1 saturated heterocycles. The fourth-order valence-corrected chi connectivity index (χ4v) is 4.53. The summed E-state index contributed by atoms with van der Waals surface area (Å²) in [6, 6.07) is 7.52. The molecule has 1 fully saturated rings. The van der Waals surface area contributed by atoms with Gasteiger partial charge in [0.25, 0.3) is 0 Å².